The molecule has 0 aromatic carbocycles. The summed E-state index contributed by atoms with van der Waals surface area (Å²) in [6, 6.07) is -1.56. The van der Waals surface area contributed by atoms with Gasteiger partial charge in [-0.05, 0) is 5.92 Å². The maximum Gasteiger partial charge on any atom is 0.320 e. The Bertz CT molecular complexity index is 397. The number of aromatic amines is 1. The minimum atomic E-state index is -1.00. The van der Waals surface area contributed by atoms with Crippen molar-refractivity contribution in [3.8, 4) is 0 Å². The smallest absolute Gasteiger partial charge is 0.320 e. The molecule has 0 amide bonds. The number of imidazole rings is 1. The second-order valence-electron chi connectivity index (χ2n) is 4.33. The van der Waals surface area contributed by atoms with E-state index < -0.39 is 24.0 Å². The first-order chi connectivity index (χ1) is 8.75. The summed E-state index contributed by atoms with van der Waals surface area (Å²) in [5.74, 6) is -1.91. The van der Waals surface area contributed by atoms with Crippen LogP contribution in [-0.4, -0.2) is 44.2 Å². The molecule has 20 heavy (non-hydrogen) atoms. The van der Waals surface area contributed by atoms with Crippen LogP contribution in [0.5, 0.6) is 0 Å². The summed E-state index contributed by atoms with van der Waals surface area (Å²) >= 11 is 0. The number of aromatic nitrogens is 2. The molecule has 116 valence electrons. The topological polar surface area (TPSA) is 155 Å². The molecule has 0 aliphatic heterocycles. The number of H-pyrrole nitrogens is 1. The highest BCUT2D eigenvalue weighted by Crippen LogP contribution is 1.96. The van der Waals surface area contributed by atoms with Crippen molar-refractivity contribution in [1.82, 2.24) is 9.97 Å². The van der Waals surface area contributed by atoms with Crippen LogP contribution in [0.15, 0.2) is 12.5 Å². The van der Waals surface area contributed by atoms with E-state index in [0.29, 0.717) is 0 Å². The van der Waals surface area contributed by atoms with Crippen LogP contribution in [0.25, 0.3) is 0 Å². The number of aliphatic carboxylic acids is 2. The standard InChI is InChI=1S/C6H9N3O2.C5H11NO2.ClH/c7-5(6(10)11)1-4-2-8-3-9-4;1-3(2)4(6)5(7)8;/h2-3,5H,1,7H2,(H,8,9)(H,10,11);3-4H,6H2,1-2H3,(H,7,8);1H. The van der Waals surface area contributed by atoms with Gasteiger partial charge in [0.25, 0.3) is 0 Å². The molecule has 2 atom stereocenters. The lowest BCUT2D eigenvalue weighted by atomic mass is 10.1. The van der Waals surface area contributed by atoms with Crippen LogP contribution < -0.4 is 11.5 Å². The van der Waals surface area contributed by atoms with Gasteiger partial charge in [-0.3, -0.25) is 9.59 Å². The van der Waals surface area contributed by atoms with Gasteiger partial charge in [0.2, 0.25) is 0 Å². The molecule has 1 aromatic rings. The van der Waals surface area contributed by atoms with Crippen LogP contribution >= 0.6 is 12.4 Å². The second-order valence-corrected chi connectivity index (χ2v) is 4.33. The van der Waals surface area contributed by atoms with Crippen LogP contribution in [0.2, 0.25) is 0 Å². The van der Waals surface area contributed by atoms with E-state index in [-0.39, 0.29) is 24.7 Å². The van der Waals surface area contributed by atoms with E-state index in [1.54, 1.807) is 20.0 Å². The van der Waals surface area contributed by atoms with Crippen LogP contribution in [0.3, 0.4) is 0 Å². The molecule has 0 spiro atoms. The Kier molecular flexibility index (Phi) is 10.5. The Labute approximate surface area is 123 Å². The largest absolute Gasteiger partial charge is 0.480 e. The van der Waals surface area contributed by atoms with E-state index in [4.69, 9.17) is 21.7 Å². The molecular weight excluding hydrogens is 288 g/mol. The average molecular weight is 309 g/mol. The molecule has 0 aliphatic carbocycles. The van der Waals surface area contributed by atoms with Crippen molar-refractivity contribution in [2.24, 2.45) is 17.4 Å². The SMILES string of the molecule is CC(C)C(N)C(=O)O.Cl.NC(Cc1cnc[nH]1)C(=O)O. The molecule has 0 saturated carbocycles. The van der Waals surface area contributed by atoms with Crippen LogP contribution in [0, 0.1) is 5.92 Å². The Morgan fingerprint density at radius 3 is 2.10 bits per heavy atom. The molecule has 0 saturated heterocycles. The normalized spacial score (nSPS) is 12.7. The number of hydrogen-bond donors (Lipinski definition) is 5. The Balaban J connectivity index is 0. The summed E-state index contributed by atoms with van der Waals surface area (Å²) in [7, 11) is 0. The van der Waals surface area contributed by atoms with Crippen molar-refractivity contribution >= 4 is 24.3 Å². The van der Waals surface area contributed by atoms with E-state index in [9.17, 15) is 9.59 Å². The molecule has 1 heterocycles. The third-order valence-electron chi connectivity index (χ3n) is 2.32. The van der Waals surface area contributed by atoms with Crippen molar-refractivity contribution < 1.29 is 19.8 Å². The fourth-order valence-corrected chi connectivity index (χ4v) is 1.01. The minimum absolute atomic E-state index is 0. The van der Waals surface area contributed by atoms with E-state index in [0.717, 1.165) is 5.69 Å². The van der Waals surface area contributed by atoms with Gasteiger partial charge in [-0.15, -0.1) is 12.4 Å². The number of nitrogens with zero attached hydrogens (tertiary/aromatic N) is 1. The maximum absolute atomic E-state index is 10.3. The fraction of sp³-hybridized carbons (Fsp3) is 0.545. The molecular formula is C11H21ClN4O4. The zero-order valence-corrected chi connectivity index (χ0v) is 12.1. The summed E-state index contributed by atoms with van der Waals surface area (Å²) in [5.41, 5.74) is 11.2. The molecule has 1 aromatic heterocycles. The number of carbonyl (C=O) groups is 2. The van der Waals surface area contributed by atoms with Gasteiger partial charge in [-0.1, -0.05) is 13.8 Å². The zero-order chi connectivity index (χ0) is 15.0. The maximum atomic E-state index is 10.3. The summed E-state index contributed by atoms with van der Waals surface area (Å²) in [6.45, 7) is 3.55. The van der Waals surface area contributed by atoms with E-state index in [1.165, 1.54) is 6.33 Å². The highest BCUT2D eigenvalue weighted by atomic mass is 35.5. The quantitative estimate of drug-likeness (QED) is 0.506. The lowest BCUT2D eigenvalue weighted by Gasteiger charge is -2.07. The van der Waals surface area contributed by atoms with Crippen molar-refractivity contribution in [3.63, 3.8) is 0 Å². The highest BCUT2D eigenvalue weighted by Gasteiger charge is 2.14. The Morgan fingerprint density at radius 1 is 1.30 bits per heavy atom. The lowest BCUT2D eigenvalue weighted by Crippen LogP contribution is -2.34. The molecule has 1 rings (SSSR count). The first-order valence-corrected chi connectivity index (χ1v) is 5.69. The average Bonchev–Trinajstić information content (AvgIpc) is 2.81. The molecule has 2 unspecified atom stereocenters. The summed E-state index contributed by atoms with van der Waals surface area (Å²) < 4.78 is 0. The van der Waals surface area contributed by atoms with Crippen LogP contribution in [0.1, 0.15) is 19.5 Å². The van der Waals surface area contributed by atoms with Gasteiger partial charge in [-0.2, -0.15) is 0 Å². The Morgan fingerprint density at radius 2 is 1.85 bits per heavy atom. The van der Waals surface area contributed by atoms with E-state index >= 15 is 0 Å². The van der Waals surface area contributed by atoms with Crippen LogP contribution in [0.4, 0.5) is 0 Å². The monoisotopic (exact) mass is 308 g/mol. The molecule has 7 N–H and O–H groups in total. The Hall–Kier alpha value is -1.64. The van der Waals surface area contributed by atoms with Gasteiger partial charge >= 0.3 is 11.9 Å². The lowest BCUT2D eigenvalue weighted by molar-refractivity contribution is -0.140. The van der Waals surface area contributed by atoms with Crippen molar-refractivity contribution in [3.05, 3.63) is 18.2 Å². The third-order valence-corrected chi connectivity index (χ3v) is 2.32. The number of halogens is 1. The van der Waals surface area contributed by atoms with E-state index in [1.807, 2.05) is 0 Å². The first kappa shape index (κ1) is 20.7. The number of carboxylic acids is 2. The molecule has 9 heteroatoms. The van der Waals surface area contributed by atoms with E-state index in [2.05, 4.69) is 9.97 Å². The number of hydrogen-bond acceptors (Lipinski definition) is 5. The van der Waals surface area contributed by atoms with Gasteiger partial charge in [0.05, 0.1) is 6.33 Å². The highest BCUT2D eigenvalue weighted by molar-refractivity contribution is 5.85. The van der Waals surface area contributed by atoms with Crippen molar-refractivity contribution in [2.75, 3.05) is 0 Å². The summed E-state index contributed by atoms with van der Waals surface area (Å²) in [4.78, 5) is 26.8. The number of nitrogens with one attached hydrogen (secondary N) is 1. The predicted molar refractivity (Wildman–Crippen MR) is 75.6 cm³/mol. The zero-order valence-electron chi connectivity index (χ0n) is 11.3. The first-order valence-electron chi connectivity index (χ1n) is 5.69. The van der Waals surface area contributed by atoms with Gasteiger partial charge < -0.3 is 26.7 Å². The number of nitrogens with two attached hydrogens (primary N) is 2. The van der Waals surface area contributed by atoms with Crippen molar-refractivity contribution in [1.29, 1.82) is 0 Å². The molecule has 0 radical (unpaired) electrons. The van der Waals surface area contributed by atoms with Gasteiger partial charge in [-0.25, -0.2) is 4.98 Å². The third kappa shape index (κ3) is 8.46. The van der Waals surface area contributed by atoms with Gasteiger partial charge in [0.1, 0.15) is 12.1 Å². The van der Waals surface area contributed by atoms with Gasteiger partial charge in [0, 0.05) is 18.3 Å². The fourth-order valence-electron chi connectivity index (χ4n) is 1.01. The number of rotatable bonds is 5. The summed E-state index contributed by atoms with van der Waals surface area (Å²) in [6.07, 6.45) is 3.34. The summed E-state index contributed by atoms with van der Waals surface area (Å²) in [5, 5.41) is 16.6. The second kappa shape index (κ2) is 10.2. The molecule has 8 nitrogen and oxygen atoms in total. The molecule has 0 aliphatic rings. The number of carboxylic acid groups (broad SMARTS) is 2. The van der Waals surface area contributed by atoms with Crippen LogP contribution in [-0.2, 0) is 16.0 Å². The minimum Gasteiger partial charge on any atom is -0.480 e. The predicted octanol–water partition coefficient (Wildman–Crippen LogP) is -0.160. The molecule has 0 fully saturated rings. The van der Waals surface area contributed by atoms with Gasteiger partial charge in [0.15, 0.2) is 0 Å². The molecule has 0 bridgehead atoms. The van der Waals surface area contributed by atoms with Crippen molar-refractivity contribution in [2.45, 2.75) is 32.4 Å².